The van der Waals surface area contributed by atoms with Crippen molar-refractivity contribution in [1.82, 2.24) is 10.2 Å². The summed E-state index contributed by atoms with van der Waals surface area (Å²) in [6.07, 6.45) is 3.98. The van der Waals surface area contributed by atoms with Gasteiger partial charge in [0.2, 0.25) is 5.91 Å². The van der Waals surface area contributed by atoms with Crippen LogP contribution in [0, 0.1) is 5.92 Å². The van der Waals surface area contributed by atoms with E-state index in [1.807, 2.05) is 0 Å². The number of carbonyl (C=O) groups excluding carboxylic acids is 3. The zero-order valence-corrected chi connectivity index (χ0v) is 15.0. The third-order valence-corrected chi connectivity index (χ3v) is 3.23. The summed E-state index contributed by atoms with van der Waals surface area (Å²) < 4.78 is 0. The number of carbonyl (C=O) groups is 3. The van der Waals surface area contributed by atoms with Crippen LogP contribution < -0.4 is 5.32 Å². The smallest absolute Gasteiger partial charge is 0.253 e. The van der Waals surface area contributed by atoms with Crippen LogP contribution >= 0.6 is 0 Å². The van der Waals surface area contributed by atoms with E-state index in [0.717, 1.165) is 11.3 Å². The fourth-order valence-electron chi connectivity index (χ4n) is 1.73. The Kier molecular flexibility index (Phi) is 10.1. The van der Waals surface area contributed by atoms with Gasteiger partial charge in [0.05, 0.1) is 5.60 Å². The quantitative estimate of drug-likeness (QED) is 0.560. The number of rotatable bonds is 8. The van der Waals surface area contributed by atoms with E-state index in [1.54, 1.807) is 13.8 Å². The molecular weight excluding hydrogens is 312 g/mol. The van der Waals surface area contributed by atoms with Crippen molar-refractivity contribution in [2.45, 2.75) is 52.6 Å². The fraction of sp³-hybridized carbons (Fsp3) is 0.706. The Morgan fingerprint density at radius 2 is 1.79 bits per heavy atom. The van der Waals surface area contributed by atoms with Crippen molar-refractivity contribution in [2.24, 2.45) is 5.92 Å². The molecule has 0 saturated heterocycles. The molecule has 1 rings (SSSR count). The van der Waals surface area contributed by atoms with Gasteiger partial charge in [0, 0.05) is 38.3 Å². The molecule has 0 spiro atoms. The van der Waals surface area contributed by atoms with Gasteiger partial charge < -0.3 is 15.5 Å². The largest absolute Gasteiger partial charge is 0.396 e. The molecule has 0 aromatic heterocycles. The number of aliphatic hydroxyl groups is 2. The Labute approximate surface area is 143 Å². The van der Waals surface area contributed by atoms with Crippen LogP contribution in [0.4, 0.5) is 0 Å². The maximum absolute atomic E-state index is 11.4. The van der Waals surface area contributed by atoms with Crippen molar-refractivity contribution in [2.75, 3.05) is 19.7 Å². The van der Waals surface area contributed by atoms with Crippen molar-refractivity contribution < 1.29 is 24.6 Å². The minimum absolute atomic E-state index is 0.0590. The average Bonchev–Trinajstić information content (AvgIpc) is 2.75. The standard InChI is InChI=1S/C12H18N2O3.C5H12O2/c1-9(2)5-7-13-10(15)6-8-14-11(16)3-4-12(14)17;1-5(2,7)3-4-6/h3-4,9H,5-8H2,1-2H3,(H,13,15);6-7H,3-4H2,1-2H3. The monoisotopic (exact) mass is 342 g/mol. The van der Waals surface area contributed by atoms with Crippen LogP contribution in [0.15, 0.2) is 12.2 Å². The van der Waals surface area contributed by atoms with E-state index in [0.29, 0.717) is 18.9 Å². The van der Waals surface area contributed by atoms with E-state index in [4.69, 9.17) is 10.2 Å². The van der Waals surface area contributed by atoms with E-state index in [1.165, 1.54) is 12.2 Å². The molecule has 7 nitrogen and oxygen atoms in total. The van der Waals surface area contributed by atoms with Gasteiger partial charge in [-0.05, 0) is 32.6 Å². The zero-order valence-electron chi connectivity index (χ0n) is 15.0. The number of nitrogens with one attached hydrogen (secondary N) is 1. The molecule has 0 fully saturated rings. The SMILES string of the molecule is CC(C)(O)CCO.CC(C)CCNC(=O)CCN1C(=O)C=CC1=O. The predicted molar refractivity (Wildman–Crippen MR) is 90.9 cm³/mol. The van der Waals surface area contributed by atoms with Gasteiger partial charge in [-0.3, -0.25) is 19.3 Å². The minimum Gasteiger partial charge on any atom is -0.396 e. The molecule has 0 unspecified atom stereocenters. The summed E-state index contributed by atoms with van der Waals surface area (Å²) in [4.78, 5) is 34.9. The van der Waals surface area contributed by atoms with Crippen molar-refractivity contribution in [3.63, 3.8) is 0 Å². The summed E-state index contributed by atoms with van der Waals surface area (Å²) in [6, 6.07) is 0. The summed E-state index contributed by atoms with van der Waals surface area (Å²) in [5.41, 5.74) is -0.700. The van der Waals surface area contributed by atoms with Gasteiger partial charge in [-0.2, -0.15) is 0 Å². The molecule has 0 atom stereocenters. The number of hydrogen-bond donors (Lipinski definition) is 3. The van der Waals surface area contributed by atoms with Crippen molar-refractivity contribution in [3.8, 4) is 0 Å². The molecule has 0 aromatic rings. The molecule has 0 radical (unpaired) electrons. The first-order valence-electron chi connectivity index (χ1n) is 8.20. The summed E-state index contributed by atoms with van der Waals surface area (Å²) >= 11 is 0. The van der Waals surface area contributed by atoms with Gasteiger partial charge in [-0.1, -0.05) is 13.8 Å². The Balaban J connectivity index is 0.000000640. The van der Waals surface area contributed by atoms with E-state index < -0.39 is 5.60 Å². The molecule has 1 aliphatic heterocycles. The predicted octanol–water partition coefficient (Wildman–Crippen LogP) is 0.604. The highest BCUT2D eigenvalue weighted by atomic mass is 16.3. The topological polar surface area (TPSA) is 107 Å². The lowest BCUT2D eigenvalue weighted by Crippen LogP contribution is -2.35. The first-order chi connectivity index (χ1) is 11.1. The maximum Gasteiger partial charge on any atom is 0.253 e. The summed E-state index contributed by atoms with van der Waals surface area (Å²) in [5, 5.41) is 19.9. The summed E-state index contributed by atoms with van der Waals surface area (Å²) in [5.74, 6) is -0.269. The second kappa shape index (κ2) is 10.9. The van der Waals surface area contributed by atoms with Gasteiger partial charge in [-0.25, -0.2) is 0 Å². The van der Waals surface area contributed by atoms with Crippen molar-refractivity contribution in [3.05, 3.63) is 12.2 Å². The molecule has 24 heavy (non-hydrogen) atoms. The Morgan fingerprint density at radius 1 is 1.25 bits per heavy atom. The lowest BCUT2D eigenvalue weighted by molar-refractivity contribution is -0.137. The van der Waals surface area contributed by atoms with E-state index >= 15 is 0 Å². The number of aliphatic hydroxyl groups excluding tert-OH is 1. The van der Waals surface area contributed by atoms with E-state index in [9.17, 15) is 14.4 Å². The maximum atomic E-state index is 11.4. The van der Waals surface area contributed by atoms with Crippen LogP contribution in [0.1, 0.15) is 47.0 Å². The summed E-state index contributed by atoms with van der Waals surface area (Å²) in [6.45, 7) is 8.35. The first kappa shape index (κ1) is 22.3. The van der Waals surface area contributed by atoms with Gasteiger partial charge in [0.15, 0.2) is 0 Å². The lowest BCUT2D eigenvalue weighted by Gasteiger charge is -2.13. The molecule has 0 bridgehead atoms. The number of imide groups is 1. The van der Waals surface area contributed by atoms with Gasteiger partial charge >= 0.3 is 0 Å². The number of nitrogens with zero attached hydrogens (tertiary/aromatic N) is 1. The molecule has 7 heteroatoms. The molecule has 3 amide bonds. The van der Waals surface area contributed by atoms with Gasteiger partial charge in [0.25, 0.3) is 11.8 Å². The summed E-state index contributed by atoms with van der Waals surface area (Å²) in [7, 11) is 0. The van der Waals surface area contributed by atoms with E-state index in [-0.39, 0.29) is 37.3 Å². The number of hydrogen-bond acceptors (Lipinski definition) is 5. The van der Waals surface area contributed by atoms with Crippen LogP contribution in [-0.2, 0) is 14.4 Å². The normalized spacial score (nSPS) is 14.0. The molecule has 0 aliphatic carbocycles. The molecule has 0 saturated carbocycles. The molecule has 0 aromatic carbocycles. The second-order valence-corrected chi connectivity index (χ2v) is 6.73. The molecule has 3 N–H and O–H groups in total. The molecular formula is C17H30N2O5. The third-order valence-electron chi connectivity index (χ3n) is 3.23. The highest BCUT2D eigenvalue weighted by molar-refractivity contribution is 6.13. The Bertz CT molecular complexity index is 434. The van der Waals surface area contributed by atoms with E-state index in [2.05, 4.69) is 19.2 Å². The lowest BCUT2D eigenvalue weighted by atomic mass is 10.1. The van der Waals surface area contributed by atoms with Crippen LogP contribution in [0.25, 0.3) is 0 Å². The Hall–Kier alpha value is -1.73. The van der Waals surface area contributed by atoms with Crippen LogP contribution in [0.5, 0.6) is 0 Å². The van der Waals surface area contributed by atoms with Crippen LogP contribution in [0.3, 0.4) is 0 Å². The molecule has 138 valence electrons. The van der Waals surface area contributed by atoms with Crippen molar-refractivity contribution in [1.29, 1.82) is 0 Å². The van der Waals surface area contributed by atoms with Crippen LogP contribution in [-0.4, -0.2) is 58.1 Å². The van der Waals surface area contributed by atoms with Gasteiger partial charge in [0.1, 0.15) is 0 Å². The number of amides is 3. The first-order valence-corrected chi connectivity index (χ1v) is 8.20. The average molecular weight is 342 g/mol. The molecule has 1 heterocycles. The third kappa shape index (κ3) is 10.9. The van der Waals surface area contributed by atoms with Crippen molar-refractivity contribution >= 4 is 17.7 Å². The van der Waals surface area contributed by atoms with Crippen LogP contribution in [0.2, 0.25) is 0 Å². The highest BCUT2D eigenvalue weighted by Crippen LogP contribution is 2.05. The second-order valence-electron chi connectivity index (χ2n) is 6.73. The fourth-order valence-corrected chi connectivity index (χ4v) is 1.73. The van der Waals surface area contributed by atoms with Gasteiger partial charge in [-0.15, -0.1) is 0 Å². The minimum atomic E-state index is -0.700. The highest BCUT2D eigenvalue weighted by Gasteiger charge is 2.23. The Morgan fingerprint density at radius 3 is 2.17 bits per heavy atom. The zero-order chi connectivity index (χ0) is 18.8. The molecule has 1 aliphatic rings.